The maximum absolute atomic E-state index is 8.87. The molecular weight excluding hydrogens is 280 g/mol. The Kier molecular flexibility index (Phi) is 6.60. The monoisotopic (exact) mass is 302 g/mol. The molecule has 22 heavy (non-hydrogen) atoms. The lowest BCUT2D eigenvalue weighted by atomic mass is 10.2. The second-order valence-electron chi connectivity index (χ2n) is 4.84. The first-order valence-electron chi connectivity index (χ1n) is 7.47. The van der Waals surface area contributed by atoms with Crippen LogP contribution in [0.3, 0.4) is 0 Å². The van der Waals surface area contributed by atoms with Gasteiger partial charge >= 0.3 is 0 Å². The molecule has 0 aliphatic carbocycles. The van der Waals surface area contributed by atoms with Crippen molar-refractivity contribution in [1.82, 2.24) is 9.97 Å². The molecule has 0 saturated carbocycles. The zero-order valence-electron chi connectivity index (χ0n) is 12.5. The van der Waals surface area contributed by atoms with E-state index in [0.717, 1.165) is 5.56 Å². The number of hydrogen-bond acceptors (Lipinski definition) is 6. The van der Waals surface area contributed by atoms with Crippen LogP contribution in [0.4, 0.5) is 11.6 Å². The van der Waals surface area contributed by atoms with Gasteiger partial charge in [-0.2, -0.15) is 0 Å². The summed E-state index contributed by atoms with van der Waals surface area (Å²) in [4.78, 5) is 9.02. The number of rotatable bonds is 9. The Balaban J connectivity index is 2.19. The minimum absolute atomic E-state index is 0.144. The minimum Gasteiger partial charge on any atom is -0.396 e. The minimum atomic E-state index is 0.144. The van der Waals surface area contributed by atoms with Crippen molar-refractivity contribution in [3.63, 3.8) is 0 Å². The number of aliphatic hydroxyl groups is 2. The van der Waals surface area contributed by atoms with E-state index in [1.807, 2.05) is 36.4 Å². The molecule has 0 unspecified atom stereocenters. The maximum Gasteiger partial charge on any atom is 0.163 e. The molecular formula is C16H22N4O2. The van der Waals surface area contributed by atoms with Crippen LogP contribution < -0.4 is 10.6 Å². The van der Waals surface area contributed by atoms with Gasteiger partial charge in [0.05, 0.1) is 0 Å². The van der Waals surface area contributed by atoms with Gasteiger partial charge in [-0.05, 0) is 12.8 Å². The quantitative estimate of drug-likeness (QED) is 0.527. The van der Waals surface area contributed by atoms with Crippen LogP contribution in [0.5, 0.6) is 0 Å². The van der Waals surface area contributed by atoms with Crippen molar-refractivity contribution in [2.24, 2.45) is 0 Å². The lowest BCUT2D eigenvalue weighted by molar-refractivity contribution is 0.292. The van der Waals surface area contributed by atoms with Gasteiger partial charge in [0, 0.05) is 37.9 Å². The Morgan fingerprint density at radius 1 is 0.818 bits per heavy atom. The standard InChI is InChI=1S/C16H22N4O2/c21-10-4-8-17-14-12-15(18-9-5-11-22)20-16(19-14)13-6-2-1-3-7-13/h1-3,6-7,12,21-22H,4-5,8-11H2,(H2,17,18,19,20). The molecule has 6 nitrogen and oxygen atoms in total. The smallest absolute Gasteiger partial charge is 0.163 e. The van der Waals surface area contributed by atoms with E-state index in [-0.39, 0.29) is 13.2 Å². The first kappa shape index (κ1) is 16.2. The summed E-state index contributed by atoms with van der Waals surface area (Å²) in [5.41, 5.74) is 0.943. The molecule has 0 aliphatic rings. The highest BCUT2D eigenvalue weighted by Gasteiger charge is 2.06. The Hall–Kier alpha value is -2.18. The molecule has 4 N–H and O–H groups in total. The number of aliphatic hydroxyl groups excluding tert-OH is 2. The number of hydrogen-bond donors (Lipinski definition) is 4. The summed E-state index contributed by atoms with van der Waals surface area (Å²) in [5, 5.41) is 24.1. The van der Waals surface area contributed by atoms with E-state index in [9.17, 15) is 0 Å². The average molecular weight is 302 g/mol. The SMILES string of the molecule is OCCCNc1cc(NCCCO)nc(-c2ccccc2)n1. The summed E-state index contributed by atoms with van der Waals surface area (Å²) >= 11 is 0. The molecule has 2 aromatic rings. The van der Waals surface area contributed by atoms with Crippen molar-refractivity contribution in [1.29, 1.82) is 0 Å². The molecule has 0 saturated heterocycles. The summed E-state index contributed by atoms with van der Waals surface area (Å²) in [6, 6.07) is 11.6. The normalized spacial score (nSPS) is 10.5. The molecule has 0 amide bonds. The van der Waals surface area contributed by atoms with Crippen molar-refractivity contribution in [3.05, 3.63) is 36.4 Å². The summed E-state index contributed by atoms with van der Waals surface area (Å²) < 4.78 is 0. The van der Waals surface area contributed by atoms with Crippen LogP contribution in [0.15, 0.2) is 36.4 Å². The van der Waals surface area contributed by atoms with E-state index < -0.39 is 0 Å². The molecule has 0 fully saturated rings. The largest absolute Gasteiger partial charge is 0.396 e. The van der Waals surface area contributed by atoms with Crippen LogP contribution in [-0.4, -0.2) is 46.5 Å². The number of aromatic nitrogens is 2. The second-order valence-corrected chi connectivity index (χ2v) is 4.84. The van der Waals surface area contributed by atoms with Crippen LogP contribution in [0.1, 0.15) is 12.8 Å². The van der Waals surface area contributed by atoms with Crippen LogP contribution in [0.25, 0.3) is 11.4 Å². The van der Waals surface area contributed by atoms with Gasteiger partial charge < -0.3 is 20.8 Å². The predicted octanol–water partition coefficient (Wildman–Crippen LogP) is 1.73. The van der Waals surface area contributed by atoms with Gasteiger partial charge in [-0.15, -0.1) is 0 Å². The molecule has 1 aromatic carbocycles. The number of anilines is 2. The number of nitrogens with one attached hydrogen (secondary N) is 2. The Morgan fingerprint density at radius 2 is 1.36 bits per heavy atom. The van der Waals surface area contributed by atoms with Crippen LogP contribution in [-0.2, 0) is 0 Å². The van der Waals surface area contributed by atoms with E-state index in [2.05, 4.69) is 20.6 Å². The maximum atomic E-state index is 8.87. The Labute approximate surface area is 130 Å². The van der Waals surface area contributed by atoms with Gasteiger partial charge in [0.1, 0.15) is 11.6 Å². The molecule has 0 bridgehead atoms. The third-order valence-corrected chi connectivity index (χ3v) is 3.04. The fourth-order valence-corrected chi connectivity index (χ4v) is 1.94. The van der Waals surface area contributed by atoms with Crippen LogP contribution in [0, 0.1) is 0 Å². The highest BCUT2D eigenvalue weighted by atomic mass is 16.3. The van der Waals surface area contributed by atoms with Crippen LogP contribution >= 0.6 is 0 Å². The first-order chi connectivity index (χ1) is 10.8. The molecule has 118 valence electrons. The first-order valence-corrected chi connectivity index (χ1v) is 7.47. The third kappa shape index (κ3) is 4.98. The predicted molar refractivity (Wildman–Crippen MR) is 87.9 cm³/mol. The van der Waals surface area contributed by atoms with Crippen molar-refractivity contribution in [2.75, 3.05) is 36.9 Å². The number of nitrogens with zero attached hydrogens (tertiary/aromatic N) is 2. The van der Waals surface area contributed by atoms with Crippen molar-refractivity contribution in [3.8, 4) is 11.4 Å². The molecule has 0 atom stereocenters. The summed E-state index contributed by atoms with van der Waals surface area (Å²) in [5.74, 6) is 2.07. The number of benzene rings is 1. The summed E-state index contributed by atoms with van der Waals surface area (Å²) in [6.45, 7) is 1.59. The van der Waals surface area contributed by atoms with Crippen molar-refractivity contribution in [2.45, 2.75) is 12.8 Å². The fraction of sp³-hybridized carbons (Fsp3) is 0.375. The molecule has 2 rings (SSSR count). The van der Waals surface area contributed by atoms with Crippen LogP contribution in [0.2, 0.25) is 0 Å². The zero-order valence-corrected chi connectivity index (χ0v) is 12.5. The molecule has 1 heterocycles. The fourth-order valence-electron chi connectivity index (χ4n) is 1.94. The summed E-state index contributed by atoms with van der Waals surface area (Å²) in [6.07, 6.45) is 1.33. The average Bonchev–Trinajstić information content (AvgIpc) is 2.56. The molecule has 0 radical (unpaired) electrons. The highest BCUT2D eigenvalue weighted by Crippen LogP contribution is 2.20. The highest BCUT2D eigenvalue weighted by molar-refractivity contribution is 5.61. The lowest BCUT2D eigenvalue weighted by Crippen LogP contribution is -2.10. The van der Waals surface area contributed by atoms with Gasteiger partial charge in [-0.25, -0.2) is 9.97 Å². The van der Waals surface area contributed by atoms with E-state index in [1.165, 1.54) is 0 Å². The molecule has 1 aromatic heterocycles. The van der Waals surface area contributed by atoms with Crippen molar-refractivity contribution >= 4 is 11.6 Å². The Bertz CT molecular complexity index is 535. The molecule has 0 spiro atoms. The molecule has 6 heteroatoms. The Morgan fingerprint density at radius 3 is 1.86 bits per heavy atom. The van der Waals surface area contributed by atoms with E-state index >= 15 is 0 Å². The second kappa shape index (κ2) is 8.96. The third-order valence-electron chi connectivity index (χ3n) is 3.04. The van der Waals surface area contributed by atoms with E-state index in [0.29, 0.717) is 43.4 Å². The lowest BCUT2D eigenvalue weighted by Gasteiger charge is -2.11. The van der Waals surface area contributed by atoms with Gasteiger partial charge in [-0.1, -0.05) is 30.3 Å². The zero-order chi connectivity index (χ0) is 15.6. The van der Waals surface area contributed by atoms with Gasteiger partial charge in [0.15, 0.2) is 5.82 Å². The van der Waals surface area contributed by atoms with Gasteiger partial charge in [-0.3, -0.25) is 0 Å². The van der Waals surface area contributed by atoms with Gasteiger partial charge in [0.2, 0.25) is 0 Å². The van der Waals surface area contributed by atoms with Crippen molar-refractivity contribution < 1.29 is 10.2 Å². The molecule has 0 aliphatic heterocycles. The van der Waals surface area contributed by atoms with E-state index in [1.54, 1.807) is 0 Å². The topological polar surface area (TPSA) is 90.3 Å². The van der Waals surface area contributed by atoms with E-state index in [4.69, 9.17) is 10.2 Å². The summed E-state index contributed by atoms with van der Waals surface area (Å²) in [7, 11) is 0. The van der Waals surface area contributed by atoms with Gasteiger partial charge in [0.25, 0.3) is 0 Å².